The van der Waals surface area contributed by atoms with Crippen molar-refractivity contribution in [2.24, 2.45) is 0 Å². The van der Waals surface area contributed by atoms with Gasteiger partial charge in [0.05, 0.1) is 0 Å². The van der Waals surface area contributed by atoms with Gasteiger partial charge in [-0.15, -0.1) is 0 Å². The maximum atomic E-state index is 13.3. The van der Waals surface area contributed by atoms with Gasteiger partial charge in [0.2, 0.25) is 0 Å². The summed E-state index contributed by atoms with van der Waals surface area (Å²) in [6.45, 7) is 8.31. The zero-order chi connectivity index (χ0) is 20.4. The van der Waals surface area contributed by atoms with Crippen LogP contribution in [-0.2, 0) is 9.22 Å². The molecular formula is C23H29NO3Si. The number of hydrogen-bond donors (Lipinski definition) is 0. The molecule has 0 radical (unpaired) electrons. The summed E-state index contributed by atoms with van der Waals surface area (Å²) in [6.07, 6.45) is 0. The van der Waals surface area contributed by atoms with E-state index in [1.165, 1.54) is 4.90 Å². The molecule has 0 saturated carbocycles. The average Bonchev–Trinajstić information content (AvgIpc) is 2.76. The van der Waals surface area contributed by atoms with Gasteiger partial charge >= 0.3 is 0 Å². The van der Waals surface area contributed by atoms with Gasteiger partial charge in [-0.05, 0) is 42.8 Å². The highest BCUT2D eigenvalue weighted by molar-refractivity contribution is 6.73. The number of rotatable bonds is 7. The Morgan fingerprint density at radius 3 is 1.96 bits per heavy atom. The molecule has 1 saturated heterocycles. The third kappa shape index (κ3) is 3.33. The van der Waals surface area contributed by atoms with Gasteiger partial charge < -0.3 is 4.43 Å². The van der Waals surface area contributed by atoms with Gasteiger partial charge in [0.1, 0.15) is 6.04 Å². The molecule has 0 unspecified atom stereocenters. The highest BCUT2D eigenvalue weighted by Gasteiger charge is 2.63. The van der Waals surface area contributed by atoms with Crippen molar-refractivity contribution in [3.05, 3.63) is 71.8 Å². The molecule has 1 fully saturated rings. The van der Waals surface area contributed by atoms with E-state index in [0.29, 0.717) is 5.56 Å². The number of carbonyl (C=O) groups is 2. The Morgan fingerprint density at radius 2 is 1.46 bits per heavy atom. The first-order chi connectivity index (χ1) is 13.4. The topological polar surface area (TPSA) is 46.6 Å². The van der Waals surface area contributed by atoms with E-state index in [0.717, 1.165) is 23.7 Å². The van der Waals surface area contributed by atoms with E-state index in [4.69, 9.17) is 4.43 Å². The zero-order valence-electron chi connectivity index (χ0n) is 17.1. The van der Waals surface area contributed by atoms with E-state index < -0.39 is 20.0 Å². The molecule has 0 N–H and O–H groups in total. The number of imide groups is 1. The number of hydrogen-bond acceptors (Lipinski definition) is 3. The van der Waals surface area contributed by atoms with Crippen LogP contribution in [0.5, 0.6) is 0 Å². The van der Waals surface area contributed by atoms with E-state index >= 15 is 0 Å². The molecule has 1 aliphatic heterocycles. The quantitative estimate of drug-likeness (QED) is 0.368. The first-order valence-corrected chi connectivity index (χ1v) is 12.6. The number of likely N-dealkylation sites (tertiary alicyclic amines) is 1. The van der Waals surface area contributed by atoms with Crippen LogP contribution >= 0.6 is 0 Å². The first-order valence-electron chi connectivity index (χ1n) is 10.1. The van der Waals surface area contributed by atoms with Gasteiger partial charge in [0.15, 0.2) is 13.9 Å². The van der Waals surface area contributed by atoms with Gasteiger partial charge in [-0.25, -0.2) is 0 Å². The Morgan fingerprint density at radius 1 is 0.964 bits per heavy atom. The van der Waals surface area contributed by atoms with Gasteiger partial charge in [-0.1, -0.05) is 69.3 Å². The zero-order valence-corrected chi connectivity index (χ0v) is 18.1. The molecule has 28 heavy (non-hydrogen) atoms. The molecule has 1 aliphatic rings. The molecule has 1 heterocycles. The maximum Gasteiger partial charge on any atom is 0.263 e. The summed E-state index contributed by atoms with van der Waals surface area (Å²) in [7, 11) is -2.04. The molecule has 2 aromatic rings. The molecule has 0 bridgehead atoms. The van der Waals surface area contributed by atoms with Crippen LogP contribution in [0.1, 0.15) is 49.7 Å². The highest BCUT2D eigenvalue weighted by Crippen LogP contribution is 2.49. The van der Waals surface area contributed by atoms with Crippen LogP contribution in [0.15, 0.2) is 60.7 Å². The van der Waals surface area contributed by atoms with Crippen molar-refractivity contribution in [3.63, 3.8) is 0 Å². The fraction of sp³-hybridized carbons (Fsp3) is 0.391. The van der Waals surface area contributed by atoms with Crippen LogP contribution in [0.25, 0.3) is 0 Å². The molecule has 0 aromatic heterocycles. The summed E-state index contributed by atoms with van der Waals surface area (Å²) < 4.78 is 6.70. The summed E-state index contributed by atoms with van der Waals surface area (Å²) in [5.74, 6) is -0.500. The molecule has 2 atom stereocenters. The van der Waals surface area contributed by atoms with Crippen LogP contribution in [0.4, 0.5) is 0 Å². The largest absolute Gasteiger partial charge is 0.401 e. The van der Waals surface area contributed by atoms with Gasteiger partial charge in [0, 0.05) is 5.56 Å². The number of carbonyl (C=O) groups excluding carboxylic acids is 2. The van der Waals surface area contributed by atoms with Crippen molar-refractivity contribution >= 4 is 20.1 Å². The lowest BCUT2D eigenvalue weighted by Crippen LogP contribution is -2.72. The minimum atomic E-state index is -2.04. The summed E-state index contributed by atoms with van der Waals surface area (Å²) in [5, 5.41) is 0. The Bertz CT molecular complexity index is 827. The van der Waals surface area contributed by atoms with Crippen molar-refractivity contribution in [2.45, 2.75) is 57.5 Å². The Balaban J connectivity index is 2.02. The van der Waals surface area contributed by atoms with E-state index in [2.05, 4.69) is 20.8 Å². The van der Waals surface area contributed by atoms with Crippen LogP contribution < -0.4 is 0 Å². The van der Waals surface area contributed by atoms with E-state index in [1.807, 2.05) is 55.5 Å². The number of nitrogens with zero attached hydrogens (tertiary/aromatic N) is 1. The molecule has 4 nitrogen and oxygen atoms in total. The maximum absolute atomic E-state index is 13.3. The summed E-state index contributed by atoms with van der Waals surface area (Å²) in [4.78, 5) is 27.8. The standard InChI is InChI=1S/C23H29NO3Si/c1-5-28(6-2,7-3)27-23(4)20(18-14-10-8-11-15-18)24(22(23)26)21(25)19-16-12-9-13-17-19/h8-17,20H,5-7H2,1-4H3/t20-,23+/m0/s1. The minimum absolute atomic E-state index is 0.234. The minimum Gasteiger partial charge on any atom is -0.401 e. The normalized spacial score (nSPS) is 22.1. The highest BCUT2D eigenvalue weighted by atomic mass is 28.4. The Labute approximate surface area is 168 Å². The lowest BCUT2D eigenvalue weighted by atomic mass is 9.79. The summed E-state index contributed by atoms with van der Waals surface area (Å²) in [6, 6.07) is 21.2. The smallest absolute Gasteiger partial charge is 0.263 e. The lowest BCUT2D eigenvalue weighted by Gasteiger charge is -2.55. The molecular weight excluding hydrogens is 366 g/mol. The fourth-order valence-corrected chi connectivity index (χ4v) is 7.23. The molecule has 5 heteroatoms. The third-order valence-corrected chi connectivity index (χ3v) is 10.9. The second-order valence-electron chi connectivity index (χ2n) is 7.61. The summed E-state index contributed by atoms with van der Waals surface area (Å²) >= 11 is 0. The predicted molar refractivity (Wildman–Crippen MR) is 113 cm³/mol. The molecule has 2 amide bonds. The number of β-lactam (4-membered cyclic amide) rings is 1. The number of benzene rings is 2. The first kappa shape index (κ1) is 20.5. The van der Waals surface area contributed by atoms with E-state index in [-0.39, 0.29) is 11.8 Å². The van der Waals surface area contributed by atoms with Crippen LogP contribution in [0.3, 0.4) is 0 Å². The van der Waals surface area contributed by atoms with Crippen molar-refractivity contribution in [2.75, 3.05) is 0 Å². The van der Waals surface area contributed by atoms with Crippen molar-refractivity contribution in [1.82, 2.24) is 4.90 Å². The predicted octanol–water partition coefficient (Wildman–Crippen LogP) is 5.19. The van der Waals surface area contributed by atoms with Gasteiger partial charge in [0.25, 0.3) is 11.8 Å². The van der Waals surface area contributed by atoms with Crippen LogP contribution in [0, 0.1) is 0 Å². The SMILES string of the molecule is CC[Si](CC)(CC)O[C@@]1(C)C(=O)N(C(=O)c2ccccc2)[C@H]1c1ccccc1. The number of amides is 2. The second-order valence-corrected chi connectivity index (χ2v) is 12.3. The second kappa shape index (κ2) is 8.01. The molecule has 0 spiro atoms. The molecule has 0 aliphatic carbocycles. The molecule has 2 aromatic carbocycles. The fourth-order valence-electron chi connectivity index (χ4n) is 4.20. The van der Waals surface area contributed by atoms with Crippen molar-refractivity contribution in [3.8, 4) is 0 Å². The van der Waals surface area contributed by atoms with E-state index in [9.17, 15) is 9.59 Å². The molecule has 148 valence electrons. The van der Waals surface area contributed by atoms with E-state index in [1.54, 1.807) is 12.1 Å². The van der Waals surface area contributed by atoms with Crippen LogP contribution in [-0.4, -0.2) is 30.6 Å². The van der Waals surface area contributed by atoms with Gasteiger partial charge in [-0.3, -0.25) is 14.5 Å². The van der Waals surface area contributed by atoms with Crippen LogP contribution in [0.2, 0.25) is 18.1 Å². The Kier molecular flexibility index (Phi) is 5.86. The Hall–Kier alpha value is -2.24. The monoisotopic (exact) mass is 395 g/mol. The van der Waals surface area contributed by atoms with Crippen molar-refractivity contribution < 1.29 is 14.0 Å². The third-order valence-electron chi connectivity index (χ3n) is 6.14. The molecule has 3 rings (SSSR count). The van der Waals surface area contributed by atoms with Gasteiger partial charge in [-0.2, -0.15) is 0 Å². The summed E-state index contributed by atoms with van der Waals surface area (Å²) in [5.41, 5.74) is 0.448. The average molecular weight is 396 g/mol. The van der Waals surface area contributed by atoms with Crippen molar-refractivity contribution in [1.29, 1.82) is 0 Å². The lowest BCUT2D eigenvalue weighted by molar-refractivity contribution is -0.177.